The zero-order chi connectivity index (χ0) is 12.3. The van der Waals surface area contributed by atoms with Crippen molar-refractivity contribution in [3.63, 3.8) is 0 Å². The van der Waals surface area contributed by atoms with Crippen LogP contribution < -0.4 is 5.32 Å². The lowest BCUT2D eigenvalue weighted by Crippen LogP contribution is -2.34. The lowest BCUT2D eigenvalue weighted by atomic mass is 10.0. The van der Waals surface area contributed by atoms with E-state index in [4.69, 9.17) is 5.11 Å². The maximum absolute atomic E-state index is 13.1. The Bertz CT molecular complexity index is 365. The fourth-order valence-electron chi connectivity index (χ4n) is 2.29. The molecule has 0 heterocycles. The summed E-state index contributed by atoms with van der Waals surface area (Å²) in [5.41, 5.74) is 0.966. The highest BCUT2D eigenvalue weighted by Gasteiger charge is 2.31. The lowest BCUT2D eigenvalue weighted by molar-refractivity contribution is 0.250. The van der Waals surface area contributed by atoms with Crippen molar-refractivity contribution in [2.45, 2.75) is 38.3 Å². The third-order valence-corrected chi connectivity index (χ3v) is 3.44. The zero-order valence-electron chi connectivity index (χ0n) is 10.2. The second kappa shape index (κ2) is 5.61. The van der Waals surface area contributed by atoms with Crippen LogP contribution >= 0.6 is 0 Å². The van der Waals surface area contributed by atoms with Crippen LogP contribution in [0.15, 0.2) is 24.3 Å². The van der Waals surface area contributed by atoms with Crippen molar-refractivity contribution >= 4 is 0 Å². The van der Waals surface area contributed by atoms with Crippen molar-refractivity contribution in [1.82, 2.24) is 5.32 Å². The smallest absolute Gasteiger partial charge is 0.123 e. The SMILES string of the molecule is CC(NC(CCO)C1CC1)c1cccc(F)c1. The van der Waals surface area contributed by atoms with Gasteiger partial charge in [0.2, 0.25) is 0 Å². The van der Waals surface area contributed by atoms with Gasteiger partial charge in [-0.25, -0.2) is 4.39 Å². The largest absolute Gasteiger partial charge is 0.396 e. The molecular formula is C14H20FNO. The molecule has 1 saturated carbocycles. The number of halogens is 1. The van der Waals surface area contributed by atoms with Gasteiger partial charge < -0.3 is 10.4 Å². The first kappa shape index (κ1) is 12.5. The Hall–Kier alpha value is -0.930. The summed E-state index contributed by atoms with van der Waals surface area (Å²) in [6.45, 7) is 2.26. The lowest BCUT2D eigenvalue weighted by Gasteiger charge is -2.23. The minimum atomic E-state index is -0.193. The molecule has 17 heavy (non-hydrogen) atoms. The minimum Gasteiger partial charge on any atom is -0.396 e. The molecule has 1 aromatic rings. The van der Waals surface area contributed by atoms with E-state index < -0.39 is 0 Å². The van der Waals surface area contributed by atoms with Gasteiger partial charge >= 0.3 is 0 Å². The highest BCUT2D eigenvalue weighted by molar-refractivity contribution is 5.19. The first-order chi connectivity index (χ1) is 8.20. The average molecular weight is 237 g/mol. The van der Waals surface area contributed by atoms with Crippen LogP contribution in [0.2, 0.25) is 0 Å². The fraction of sp³-hybridized carbons (Fsp3) is 0.571. The fourth-order valence-corrected chi connectivity index (χ4v) is 2.29. The maximum atomic E-state index is 13.1. The van der Waals surface area contributed by atoms with Crippen molar-refractivity contribution in [2.24, 2.45) is 5.92 Å². The number of aliphatic hydroxyl groups is 1. The highest BCUT2D eigenvalue weighted by atomic mass is 19.1. The molecule has 0 aliphatic heterocycles. The summed E-state index contributed by atoms with van der Waals surface area (Å²) in [4.78, 5) is 0. The summed E-state index contributed by atoms with van der Waals surface area (Å²) in [7, 11) is 0. The zero-order valence-corrected chi connectivity index (χ0v) is 10.2. The van der Waals surface area contributed by atoms with Crippen molar-refractivity contribution in [3.05, 3.63) is 35.6 Å². The molecule has 2 unspecified atom stereocenters. The first-order valence-corrected chi connectivity index (χ1v) is 6.33. The Morgan fingerprint density at radius 2 is 2.24 bits per heavy atom. The topological polar surface area (TPSA) is 32.3 Å². The highest BCUT2D eigenvalue weighted by Crippen LogP contribution is 2.35. The summed E-state index contributed by atoms with van der Waals surface area (Å²) in [6.07, 6.45) is 3.27. The third kappa shape index (κ3) is 3.51. The average Bonchev–Trinajstić information content (AvgIpc) is 3.12. The van der Waals surface area contributed by atoms with Gasteiger partial charge in [0.25, 0.3) is 0 Å². The van der Waals surface area contributed by atoms with Crippen molar-refractivity contribution < 1.29 is 9.50 Å². The van der Waals surface area contributed by atoms with Gasteiger partial charge in [-0.05, 0) is 49.8 Å². The molecule has 2 N–H and O–H groups in total. The molecule has 0 amide bonds. The van der Waals surface area contributed by atoms with Gasteiger partial charge in [-0.1, -0.05) is 12.1 Å². The molecule has 0 spiro atoms. The van der Waals surface area contributed by atoms with Crippen molar-refractivity contribution in [1.29, 1.82) is 0 Å². The van der Waals surface area contributed by atoms with E-state index in [1.54, 1.807) is 12.1 Å². The van der Waals surface area contributed by atoms with E-state index in [1.807, 2.05) is 13.0 Å². The minimum absolute atomic E-state index is 0.128. The van der Waals surface area contributed by atoms with E-state index >= 15 is 0 Å². The molecule has 1 aromatic carbocycles. The summed E-state index contributed by atoms with van der Waals surface area (Å²) >= 11 is 0. The summed E-state index contributed by atoms with van der Waals surface area (Å²) in [5, 5.41) is 12.5. The van der Waals surface area contributed by atoms with E-state index in [-0.39, 0.29) is 18.5 Å². The number of aliphatic hydroxyl groups excluding tert-OH is 1. The standard InChI is InChI=1S/C14H20FNO/c1-10(12-3-2-4-13(15)9-12)16-14(7-8-17)11-5-6-11/h2-4,9-11,14,16-17H,5-8H2,1H3. The van der Waals surface area contributed by atoms with Gasteiger partial charge in [0, 0.05) is 18.7 Å². The molecule has 94 valence electrons. The van der Waals surface area contributed by atoms with Gasteiger partial charge in [0.05, 0.1) is 0 Å². The van der Waals surface area contributed by atoms with Crippen LogP contribution in [0.25, 0.3) is 0 Å². The van der Waals surface area contributed by atoms with Gasteiger partial charge in [-0.3, -0.25) is 0 Å². The van der Waals surface area contributed by atoms with Gasteiger partial charge in [0.1, 0.15) is 5.82 Å². The number of hydrogen-bond donors (Lipinski definition) is 2. The van der Waals surface area contributed by atoms with Gasteiger partial charge in [-0.15, -0.1) is 0 Å². The molecule has 2 nitrogen and oxygen atoms in total. The normalized spacial score (nSPS) is 19.0. The van der Waals surface area contributed by atoms with Crippen LogP contribution in [0.5, 0.6) is 0 Å². The molecule has 2 atom stereocenters. The molecule has 1 aliphatic carbocycles. The molecular weight excluding hydrogens is 217 g/mol. The number of nitrogens with one attached hydrogen (secondary N) is 1. The molecule has 0 aromatic heterocycles. The molecule has 1 fully saturated rings. The quantitative estimate of drug-likeness (QED) is 0.797. The Morgan fingerprint density at radius 3 is 2.82 bits per heavy atom. The van der Waals surface area contributed by atoms with Crippen LogP contribution in [0.4, 0.5) is 4.39 Å². The van der Waals surface area contributed by atoms with E-state index in [2.05, 4.69) is 5.32 Å². The first-order valence-electron chi connectivity index (χ1n) is 6.33. The summed E-state index contributed by atoms with van der Waals surface area (Å²) in [5.74, 6) is 0.499. The van der Waals surface area contributed by atoms with Crippen LogP contribution in [0, 0.1) is 11.7 Å². The predicted octanol–water partition coefficient (Wildman–Crippen LogP) is 2.64. The monoisotopic (exact) mass is 237 g/mol. The third-order valence-electron chi connectivity index (χ3n) is 3.44. The second-order valence-corrected chi connectivity index (χ2v) is 4.90. The van der Waals surface area contributed by atoms with Crippen LogP contribution in [-0.4, -0.2) is 17.8 Å². The Balaban J connectivity index is 1.96. The molecule has 2 rings (SSSR count). The van der Waals surface area contributed by atoms with Crippen molar-refractivity contribution in [3.8, 4) is 0 Å². The van der Waals surface area contributed by atoms with E-state index in [1.165, 1.54) is 18.9 Å². The van der Waals surface area contributed by atoms with Crippen molar-refractivity contribution in [2.75, 3.05) is 6.61 Å². The Labute approximate surface area is 102 Å². The van der Waals surface area contributed by atoms with Crippen LogP contribution in [0.1, 0.15) is 37.8 Å². The van der Waals surface area contributed by atoms with Crippen LogP contribution in [-0.2, 0) is 0 Å². The van der Waals surface area contributed by atoms with E-state index in [0.717, 1.165) is 12.0 Å². The summed E-state index contributed by atoms with van der Waals surface area (Å²) in [6, 6.07) is 7.19. The molecule has 1 aliphatic rings. The molecule has 0 bridgehead atoms. The Kier molecular flexibility index (Phi) is 4.13. The molecule has 0 saturated heterocycles. The number of rotatable bonds is 6. The molecule has 0 radical (unpaired) electrons. The van der Waals surface area contributed by atoms with Gasteiger partial charge in [0.15, 0.2) is 0 Å². The Morgan fingerprint density at radius 1 is 1.47 bits per heavy atom. The second-order valence-electron chi connectivity index (χ2n) is 4.90. The van der Waals surface area contributed by atoms with E-state index in [0.29, 0.717) is 12.0 Å². The number of hydrogen-bond acceptors (Lipinski definition) is 2. The maximum Gasteiger partial charge on any atom is 0.123 e. The van der Waals surface area contributed by atoms with Crippen LogP contribution in [0.3, 0.4) is 0 Å². The summed E-state index contributed by atoms with van der Waals surface area (Å²) < 4.78 is 13.1. The van der Waals surface area contributed by atoms with Gasteiger partial charge in [-0.2, -0.15) is 0 Å². The predicted molar refractivity (Wildman–Crippen MR) is 66.2 cm³/mol. The van der Waals surface area contributed by atoms with E-state index in [9.17, 15) is 4.39 Å². The number of benzene rings is 1. The molecule has 3 heteroatoms.